The average molecular weight is 329 g/mol. The lowest BCUT2D eigenvalue weighted by molar-refractivity contribution is 0.185. The van der Waals surface area contributed by atoms with Crippen molar-refractivity contribution in [2.24, 2.45) is 5.73 Å². The molecule has 3 nitrogen and oxygen atoms in total. The van der Waals surface area contributed by atoms with Crippen LogP contribution in [0.5, 0.6) is 0 Å². The van der Waals surface area contributed by atoms with E-state index in [2.05, 4.69) is 39.3 Å². The second kappa shape index (κ2) is 6.02. The summed E-state index contributed by atoms with van der Waals surface area (Å²) >= 11 is 5.22. The Labute approximate surface area is 120 Å². The van der Waals surface area contributed by atoms with Gasteiger partial charge in [0.15, 0.2) is 0 Å². The van der Waals surface area contributed by atoms with E-state index in [1.54, 1.807) is 17.6 Å². The highest BCUT2D eigenvalue weighted by Gasteiger charge is 2.24. The molecule has 0 saturated heterocycles. The summed E-state index contributed by atoms with van der Waals surface area (Å²) in [4.78, 5) is 3.53. The van der Waals surface area contributed by atoms with Crippen molar-refractivity contribution in [3.05, 3.63) is 45.0 Å². The molecule has 98 valence electrons. The van der Waals surface area contributed by atoms with E-state index in [0.29, 0.717) is 0 Å². The normalized spacial score (nSPS) is 14.9. The number of thiophene rings is 1. The van der Waals surface area contributed by atoms with E-state index in [4.69, 9.17) is 10.2 Å². The fourth-order valence-electron chi connectivity index (χ4n) is 2.12. The van der Waals surface area contributed by atoms with Crippen LogP contribution in [0.3, 0.4) is 0 Å². The number of nitrogens with zero attached hydrogens (tertiary/aromatic N) is 1. The first-order valence-corrected chi connectivity index (χ1v) is 7.47. The molecule has 0 radical (unpaired) electrons. The molecule has 5 heteroatoms. The third-order valence-corrected chi connectivity index (χ3v) is 4.52. The fraction of sp³-hybridized carbons (Fsp3) is 0.385. The maximum Gasteiger partial charge on any atom is 0.122 e. The molecule has 2 heterocycles. The van der Waals surface area contributed by atoms with E-state index in [0.717, 1.165) is 16.8 Å². The first-order chi connectivity index (χ1) is 8.58. The summed E-state index contributed by atoms with van der Waals surface area (Å²) in [5.74, 6) is 0.920. The predicted molar refractivity (Wildman–Crippen MR) is 78.6 cm³/mol. The standard InChI is InChI=1S/C13H17BrN2OS/c1-9(15)13(12-4-3-5-17-12)16(2)7-11-6-10(14)8-18-11/h3-6,8-9,13H,7,15H2,1-2H3. The van der Waals surface area contributed by atoms with Gasteiger partial charge in [0.1, 0.15) is 5.76 Å². The van der Waals surface area contributed by atoms with Crippen LogP contribution in [-0.4, -0.2) is 18.0 Å². The minimum absolute atomic E-state index is 0.0181. The Morgan fingerprint density at radius 2 is 2.33 bits per heavy atom. The summed E-state index contributed by atoms with van der Waals surface area (Å²) < 4.78 is 6.62. The fourth-order valence-corrected chi connectivity index (χ4v) is 3.63. The summed E-state index contributed by atoms with van der Waals surface area (Å²) in [7, 11) is 2.07. The van der Waals surface area contributed by atoms with E-state index < -0.39 is 0 Å². The zero-order chi connectivity index (χ0) is 13.1. The average Bonchev–Trinajstić information content (AvgIpc) is 2.90. The first-order valence-electron chi connectivity index (χ1n) is 5.80. The summed E-state index contributed by atoms with van der Waals surface area (Å²) in [5, 5.41) is 2.09. The maximum absolute atomic E-state index is 6.08. The first kappa shape index (κ1) is 13.8. The van der Waals surface area contributed by atoms with Crippen LogP contribution < -0.4 is 5.73 Å². The van der Waals surface area contributed by atoms with E-state index in [9.17, 15) is 0 Å². The molecule has 0 spiro atoms. The molecular formula is C13H17BrN2OS. The van der Waals surface area contributed by atoms with Crippen molar-refractivity contribution in [1.29, 1.82) is 0 Å². The summed E-state index contributed by atoms with van der Waals surface area (Å²) in [6, 6.07) is 6.14. The molecule has 2 aromatic rings. The number of halogens is 1. The third-order valence-electron chi connectivity index (χ3n) is 2.83. The minimum Gasteiger partial charge on any atom is -0.468 e. The molecule has 0 bridgehead atoms. The second-order valence-corrected chi connectivity index (χ2v) is 6.38. The van der Waals surface area contributed by atoms with Gasteiger partial charge in [0, 0.05) is 27.3 Å². The lowest BCUT2D eigenvalue weighted by atomic mass is 10.1. The number of hydrogen-bond donors (Lipinski definition) is 1. The Bertz CT molecular complexity index is 481. The quantitative estimate of drug-likeness (QED) is 0.911. The highest BCUT2D eigenvalue weighted by molar-refractivity contribution is 9.10. The van der Waals surface area contributed by atoms with Crippen LogP contribution in [0.15, 0.2) is 38.7 Å². The number of likely N-dealkylation sites (N-methyl/N-ethyl adjacent to an activating group) is 1. The summed E-state index contributed by atoms with van der Waals surface area (Å²) in [5.41, 5.74) is 6.08. The van der Waals surface area contributed by atoms with E-state index in [-0.39, 0.29) is 12.1 Å². The van der Waals surface area contributed by atoms with Crippen LogP contribution in [-0.2, 0) is 6.54 Å². The van der Waals surface area contributed by atoms with Gasteiger partial charge in [0.2, 0.25) is 0 Å². The van der Waals surface area contributed by atoms with Gasteiger partial charge in [-0.3, -0.25) is 4.90 Å². The molecule has 2 N–H and O–H groups in total. The van der Waals surface area contributed by atoms with Crippen molar-refractivity contribution in [2.45, 2.75) is 25.6 Å². The number of furan rings is 1. The van der Waals surface area contributed by atoms with Gasteiger partial charge in [-0.15, -0.1) is 11.3 Å². The zero-order valence-electron chi connectivity index (χ0n) is 10.5. The molecule has 2 aromatic heterocycles. The molecule has 0 fully saturated rings. The lowest BCUT2D eigenvalue weighted by Gasteiger charge is -2.28. The van der Waals surface area contributed by atoms with Gasteiger partial charge in [-0.25, -0.2) is 0 Å². The van der Waals surface area contributed by atoms with Gasteiger partial charge in [0.05, 0.1) is 12.3 Å². The molecule has 0 aliphatic carbocycles. The van der Waals surface area contributed by atoms with Crippen LogP contribution in [0.2, 0.25) is 0 Å². The van der Waals surface area contributed by atoms with Gasteiger partial charge in [-0.1, -0.05) is 0 Å². The second-order valence-electron chi connectivity index (χ2n) is 4.47. The van der Waals surface area contributed by atoms with Gasteiger partial charge >= 0.3 is 0 Å². The molecule has 0 aromatic carbocycles. The Morgan fingerprint density at radius 1 is 1.56 bits per heavy atom. The van der Waals surface area contributed by atoms with E-state index in [1.807, 2.05) is 19.1 Å². The molecule has 0 aliphatic heterocycles. The largest absolute Gasteiger partial charge is 0.468 e. The van der Waals surface area contributed by atoms with Crippen LogP contribution in [0.25, 0.3) is 0 Å². The Hall–Kier alpha value is -0.620. The van der Waals surface area contributed by atoms with Gasteiger partial charge in [0.25, 0.3) is 0 Å². The van der Waals surface area contributed by atoms with Crippen molar-refractivity contribution in [2.75, 3.05) is 7.05 Å². The highest BCUT2D eigenvalue weighted by Crippen LogP contribution is 2.27. The Morgan fingerprint density at radius 3 is 2.83 bits per heavy atom. The van der Waals surface area contributed by atoms with Crippen molar-refractivity contribution in [3.63, 3.8) is 0 Å². The predicted octanol–water partition coefficient (Wildman–Crippen LogP) is 3.62. The van der Waals surface area contributed by atoms with Crippen molar-refractivity contribution < 1.29 is 4.42 Å². The molecule has 2 rings (SSSR count). The lowest BCUT2D eigenvalue weighted by Crippen LogP contribution is -2.36. The topological polar surface area (TPSA) is 42.4 Å². The molecule has 2 atom stereocenters. The Kier molecular flexibility index (Phi) is 4.61. The summed E-state index contributed by atoms with van der Waals surface area (Å²) in [6.45, 7) is 2.87. The van der Waals surface area contributed by atoms with Crippen LogP contribution in [0.4, 0.5) is 0 Å². The molecule has 0 aliphatic rings. The Balaban J connectivity index is 2.11. The molecule has 2 unspecified atom stereocenters. The summed E-state index contributed by atoms with van der Waals surface area (Å²) in [6.07, 6.45) is 1.69. The van der Waals surface area contributed by atoms with E-state index in [1.165, 1.54) is 4.88 Å². The molecule has 0 amide bonds. The van der Waals surface area contributed by atoms with Crippen molar-refractivity contribution >= 4 is 27.3 Å². The van der Waals surface area contributed by atoms with Gasteiger partial charge in [-0.05, 0) is 48.1 Å². The minimum atomic E-state index is 0.0181. The van der Waals surface area contributed by atoms with Gasteiger partial charge in [-0.2, -0.15) is 0 Å². The maximum atomic E-state index is 6.08. The number of hydrogen-bond acceptors (Lipinski definition) is 4. The SMILES string of the molecule is CC(N)C(c1ccco1)N(C)Cc1cc(Br)cs1. The number of rotatable bonds is 5. The van der Waals surface area contributed by atoms with Crippen LogP contribution >= 0.6 is 27.3 Å². The molecule has 0 saturated carbocycles. The van der Waals surface area contributed by atoms with Crippen molar-refractivity contribution in [3.8, 4) is 0 Å². The van der Waals surface area contributed by atoms with Crippen LogP contribution in [0.1, 0.15) is 23.6 Å². The monoisotopic (exact) mass is 328 g/mol. The van der Waals surface area contributed by atoms with E-state index >= 15 is 0 Å². The van der Waals surface area contributed by atoms with Crippen LogP contribution in [0, 0.1) is 0 Å². The van der Waals surface area contributed by atoms with Crippen molar-refractivity contribution in [1.82, 2.24) is 4.90 Å². The zero-order valence-corrected chi connectivity index (χ0v) is 12.9. The van der Waals surface area contributed by atoms with Gasteiger partial charge < -0.3 is 10.2 Å². The number of nitrogens with two attached hydrogens (primary N) is 1. The highest BCUT2D eigenvalue weighted by atomic mass is 79.9. The third kappa shape index (κ3) is 3.23. The molecular weight excluding hydrogens is 312 g/mol. The molecule has 18 heavy (non-hydrogen) atoms. The smallest absolute Gasteiger partial charge is 0.122 e.